The predicted molar refractivity (Wildman–Crippen MR) is 102 cm³/mol. The van der Waals surface area contributed by atoms with Gasteiger partial charge in [0.05, 0.1) is 5.52 Å². The van der Waals surface area contributed by atoms with E-state index in [0.29, 0.717) is 27.6 Å². The number of aromatic nitrogens is 3. The minimum Gasteiger partial charge on any atom is -0.507 e. The highest BCUT2D eigenvalue weighted by Gasteiger charge is 2.13. The molecule has 4 rings (SSSR count). The maximum atomic E-state index is 11.4. The number of aromatic amines is 2. The molecular weight excluding hydrogens is 350 g/mol. The van der Waals surface area contributed by atoms with E-state index in [1.165, 1.54) is 5.56 Å². The van der Waals surface area contributed by atoms with Crippen molar-refractivity contribution in [3.05, 3.63) is 87.9 Å². The molecule has 0 fully saturated rings. The first-order chi connectivity index (χ1) is 12.6. The van der Waals surface area contributed by atoms with Gasteiger partial charge >= 0.3 is 0 Å². The number of aromatic hydroxyl groups is 1. The molecule has 1 radical (unpaired) electrons. The summed E-state index contributed by atoms with van der Waals surface area (Å²) in [6, 6.07) is 16.5. The number of pyridine rings is 1. The van der Waals surface area contributed by atoms with Crippen LogP contribution in [0.15, 0.2) is 59.4 Å². The van der Waals surface area contributed by atoms with E-state index in [-0.39, 0.29) is 11.3 Å². The summed E-state index contributed by atoms with van der Waals surface area (Å²) in [6.07, 6.45) is 2.71. The molecule has 2 heterocycles. The van der Waals surface area contributed by atoms with Crippen molar-refractivity contribution < 1.29 is 5.11 Å². The largest absolute Gasteiger partial charge is 0.507 e. The Hall–Kier alpha value is -3.05. The Morgan fingerprint density at radius 3 is 2.69 bits per heavy atom. The van der Waals surface area contributed by atoms with Crippen molar-refractivity contribution in [3.63, 3.8) is 0 Å². The molecule has 5 nitrogen and oxygen atoms in total. The van der Waals surface area contributed by atoms with Crippen molar-refractivity contribution in [1.29, 1.82) is 0 Å². The van der Waals surface area contributed by atoms with Gasteiger partial charge in [0.15, 0.2) is 0 Å². The molecule has 2 aromatic heterocycles. The molecule has 0 spiro atoms. The Morgan fingerprint density at radius 2 is 1.88 bits per heavy atom. The molecule has 26 heavy (non-hydrogen) atoms. The van der Waals surface area contributed by atoms with Crippen LogP contribution in [0.3, 0.4) is 0 Å². The SMILES string of the molecule is O=c1cc(O)c2cc(-c3nc([CH]Cc4ccccc4)[nH]c3Cl)ccc2[nH]1. The number of nitrogens with one attached hydrogen (secondary N) is 2. The zero-order valence-corrected chi connectivity index (χ0v) is 14.4. The Labute approximate surface area is 154 Å². The summed E-state index contributed by atoms with van der Waals surface area (Å²) >= 11 is 6.32. The molecule has 6 heteroatoms. The number of benzene rings is 2. The highest BCUT2D eigenvalue weighted by Crippen LogP contribution is 2.31. The zero-order chi connectivity index (χ0) is 18.1. The van der Waals surface area contributed by atoms with Crippen LogP contribution in [0.4, 0.5) is 0 Å². The number of imidazole rings is 1. The van der Waals surface area contributed by atoms with Crippen LogP contribution in [0.2, 0.25) is 5.15 Å². The maximum absolute atomic E-state index is 11.4. The first-order valence-corrected chi connectivity index (χ1v) is 8.47. The van der Waals surface area contributed by atoms with Crippen molar-refractivity contribution >= 4 is 22.5 Å². The van der Waals surface area contributed by atoms with Crippen LogP contribution in [0.5, 0.6) is 5.75 Å². The number of hydrogen-bond donors (Lipinski definition) is 3. The van der Waals surface area contributed by atoms with Crippen LogP contribution in [-0.2, 0) is 6.42 Å². The number of nitrogens with zero attached hydrogens (tertiary/aromatic N) is 1. The smallest absolute Gasteiger partial charge is 0.252 e. The first kappa shape index (κ1) is 16.4. The molecule has 0 atom stereocenters. The molecule has 0 saturated carbocycles. The van der Waals surface area contributed by atoms with E-state index in [2.05, 4.69) is 27.1 Å². The molecule has 0 aliphatic rings. The lowest BCUT2D eigenvalue weighted by Crippen LogP contribution is -2.02. The molecule has 0 aliphatic carbocycles. The average Bonchev–Trinajstić information content (AvgIpc) is 3.01. The second kappa shape index (κ2) is 6.69. The number of fused-ring (bicyclic) bond motifs is 1. The second-order valence-corrected chi connectivity index (χ2v) is 6.34. The van der Waals surface area contributed by atoms with Crippen molar-refractivity contribution in [3.8, 4) is 17.0 Å². The van der Waals surface area contributed by atoms with Crippen LogP contribution >= 0.6 is 11.6 Å². The van der Waals surface area contributed by atoms with Gasteiger partial charge in [-0.2, -0.15) is 0 Å². The fourth-order valence-corrected chi connectivity index (χ4v) is 3.12. The normalized spacial score (nSPS) is 11.1. The Bertz CT molecular complexity index is 1130. The van der Waals surface area contributed by atoms with E-state index >= 15 is 0 Å². The lowest BCUT2D eigenvalue weighted by Gasteiger charge is -2.03. The molecule has 0 aliphatic heterocycles. The lowest BCUT2D eigenvalue weighted by atomic mass is 10.1. The highest BCUT2D eigenvalue weighted by atomic mass is 35.5. The molecule has 4 aromatic rings. The average molecular weight is 365 g/mol. The van der Waals surface area contributed by atoms with Gasteiger partial charge in [0.25, 0.3) is 5.56 Å². The maximum Gasteiger partial charge on any atom is 0.252 e. The summed E-state index contributed by atoms with van der Waals surface area (Å²) in [6.45, 7) is 0. The van der Waals surface area contributed by atoms with Gasteiger partial charge in [-0.15, -0.1) is 0 Å². The van der Waals surface area contributed by atoms with E-state index in [0.717, 1.165) is 18.1 Å². The minimum absolute atomic E-state index is 0.0758. The Morgan fingerprint density at radius 1 is 1.08 bits per heavy atom. The van der Waals surface area contributed by atoms with E-state index in [1.807, 2.05) is 24.6 Å². The van der Waals surface area contributed by atoms with Gasteiger partial charge in [0.1, 0.15) is 22.4 Å². The van der Waals surface area contributed by atoms with Crippen LogP contribution in [0.25, 0.3) is 22.2 Å². The van der Waals surface area contributed by atoms with Gasteiger partial charge in [-0.05, 0) is 24.1 Å². The van der Waals surface area contributed by atoms with Crippen molar-refractivity contribution in [2.24, 2.45) is 0 Å². The number of halogens is 1. The summed E-state index contributed by atoms with van der Waals surface area (Å²) < 4.78 is 0. The second-order valence-electron chi connectivity index (χ2n) is 5.96. The van der Waals surface area contributed by atoms with Crippen molar-refractivity contribution in [1.82, 2.24) is 15.0 Å². The minimum atomic E-state index is -0.349. The van der Waals surface area contributed by atoms with Gasteiger partial charge in [0, 0.05) is 23.4 Å². The third-order valence-corrected chi connectivity index (χ3v) is 4.42. The predicted octanol–water partition coefficient (Wildman–Crippen LogP) is 4.07. The highest BCUT2D eigenvalue weighted by molar-refractivity contribution is 6.32. The Kier molecular flexibility index (Phi) is 4.22. The van der Waals surface area contributed by atoms with Crippen LogP contribution < -0.4 is 5.56 Å². The Balaban J connectivity index is 1.65. The molecule has 3 N–H and O–H groups in total. The third-order valence-electron chi connectivity index (χ3n) is 4.15. The van der Waals surface area contributed by atoms with Crippen molar-refractivity contribution in [2.75, 3.05) is 0 Å². The van der Waals surface area contributed by atoms with Crippen molar-refractivity contribution in [2.45, 2.75) is 6.42 Å². The fourth-order valence-electron chi connectivity index (χ4n) is 2.87. The summed E-state index contributed by atoms with van der Waals surface area (Å²) in [5.41, 5.74) is 2.74. The van der Waals surface area contributed by atoms with Gasteiger partial charge in [-0.3, -0.25) is 4.79 Å². The topological polar surface area (TPSA) is 81.8 Å². The summed E-state index contributed by atoms with van der Waals surface area (Å²) in [5, 5.41) is 11.0. The van der Waals surface area contributed by atoms with Crippen LogP contribution in [0.1, 0.15) is 11.4 Å². The van der Waals surface area contributed by atoms with Gasteiger partial charge < -0.3 is 15.1 Å². The zero-order valence-electron chi connectivity index (χ0n) is 13.7. The fraction of sp³-hybridized carbons (Fsp3) is 0.0500. The molecule has 0 amide bonds. The lowest BCUT2D eigenvalue weighted by molar-refractivity contribution is 0.480. The van der Waals surface area contributed by atoms with E-state index in [1.54, 1.807) is 18.2 Å². The van der Waals surface area contributed by atoms with Gasteiger partial charge in [-0.25, -0.2) is 4.98 Å². The third kappa shape index (κ3) is 3.21. The molecule has 2 aromatic carbocycles. The van der Waals surface area contributed by atoms with Gasteiger partial charge in [0.2, 0.25) is 0 Å². The van der Waals surface area contributed by atoms with Crippen LogP contribution in [0, 0.1) is 6.42 Å². The molecule has 0 bridgehead atoms. The van der Waals surface area contributed by atoms with Gasteiger partial charge in [-0.1, -0.05) is 48.0 Å². The number of hydrogen-bond acceptors (Lipinski definition) is 3. The van der Waals surface area contributed by atoms with E-state index in [9.17, 15) is 9.90 Å². The summed E-state index contributed by atoms with van der Waals surface area (Å²) in [5.74, 6) is 0.604. The van der Waals surface area contributed by atoms with E-state index in [4.69, 9.17) is 11.6 Å². The summed E-state index contributed by atoms with van der Waals surface area (Å²) in [7, 11) is 0. The standard InChI is InChI=1S/C20H15ClN3O2/c21-20-19(23-17(24-20)9-6-12-4-2-1-3-5-12)13-7-8-15-14(10-13)16(25)11-18(26)22-15/h1-5,7-11H,6H2,(H,23,24)(H2,22,25,26). The number of rotatable bonds is 4. The molecule has 0 saturated heterocycles. The quantitative estimate of drug-likeness (QED) is 0.510. The van der Waals surface area contributed by atoms with E-state index < -0.39 is 0 Å². The summed E-state index contributed by atoms with van der Waals surface area (Å²) in [4.78, 5) is 21.7. The first-order valence-electron chi connectivity index (χ1n) is 8.09. The monoisotopic (exact) mass is 364 g/mol. The molecule has 0 unspecified atom stereocenters. The van der Waals surface area contributed by atoms with Crippen LogP contribution in [-0.4, -0.2) is 20.1 Å². The number of H-pyrrole nitrogens is 2. The molecule has 129 valence electrons. The molecular formula is C20H15ClN3O2.